The predicted molar refractivity (Wildman–Crippen MR) is 212 cm³/mol. The van der Waals surface area contributed by atoms with Crippen LogP contribution in [0.4, 0.5) is 11.4 Å². The van der Waals surface area contributed by atoms with Crippen molar-refractivity contribution in [3.05, 3.63) is 204 Å². The Morgan fingerprint density at radius 3 is 2.30 bits per heavy atom. The van der Waals surface area contributed by atoms with E-state index in [-0.39, 0.29) is 6.04 Å². The van der Waals surface area contributed by atoms with Gasteiger partial charge < -0.3 is 15.2 Å². The lowest BCUT2D eigenvalue weighted by Gasteiger charge is -2.27. The molecule has 0 fully saturated rings. The zero-order valence-corrected chi connectivity index (χ0v) is 27.8. The summed E-state index contributed by atoms with van der Waals surface area (Å²) in [5.41, 5.74) is 16.5. The van der Waals surface area contributed by atoms with Crippen molar-refractivity contribution in [3.63, 3.8) is 0 Å². The summed E-state index contributed by atoms with van der Waals surface area (Å²) in [6.07, 6.45) is 19.7. The fourth-order valence-corrected chi connectivity index (χ4v) is 7.40. The van der Waals surface area contributed by atoms with E-state index in [0.29, 0.717) is 0 Å². The highest BCUT2D eigenvalue weighted by Crippen LogP contribution is 2.40. The molecule has 240 valence electrons. The number of nitrogens with zero attached hydrogens (tertiary/aromatic N) is 1. The van der Waals surface area contributed by atoms with Gasteiger partial charge in [0.2, 0.25) is 0 Å². The van der Waals surface area contributed by atoms with Gasteiger partial charge in [0.05, 0.1) is 11.7 Å². The Hall–Kier alpha value is -6.32. The van der Waals surface area contributed by atoms with Crippen molar-refractivity contribution >= 4 is 45.2 Å². The quantitative estimate of drug-likeness (QED) is 0.196. The number of aromatic amines is 1. The van der Waals surface area contributed by atoms with Gasteiger partial charge in [0, 0.05) is 45.3 Å². The van der Waals surface area contributed by atoms with E-state index >= 15 is 0 Å². The van der Waals surface area contributed by atoms with Gasteiger partial charge in [-0.15, -0.1) is 0 Å². The summed E-state index contributed by atoms with van der Waals surface area (Å²) in [5.74, 6) is 0. The van der Waals surface area contributed by atoms with E-state index in [1.807, 2.05) is 0 Å². The van der Waals surface area contributed by atoms with Crippen LogP contribution in [0, 0.1) is 0 Å². The molecule has 50 heavy (non-hydrogen) atoms. The van der Waals surface area contributed by atoms with Gasteiger partial charge in [-0.05, 0) is 106 Å². The number of anilines is 2. The van der Waals surface area contributed by atoms with Gasteiger partial charge in [-0.3, -0.25) is 0 Å². The molecule has 1 unspecified atom stereocenters. The molecule has 0 amide bonds. The Morgan fingerprint density at radius 1 is 0.700 bits per heavy atom. The maximum absolute atomic E-state index is 4.48. The third-order valence-electron chi connectivity index (χ3n) is 10.0. The number of nitrogens with one attached hydrogen (secondary N) is 2. The first-order chi connectivity index (χ1) is 24.7. The topological polar surface area (TPSA) is 31.1 Å². The van der Waals surface area contributed by atoms with Crippen LogP contribution in [0.3, 0.4) is 0 Å². The van der Waals surface area contributed by atoms with E-state index < -0.39 is 0 Å². The Morgan fingerprint density at radius 2 is 1.46 bits per heavy atom. The Balaban J connectivity index is 1.07. The highest BCUT2D eigenvalue weighted by molar-refractivity contribution is 5.95. The molecular weight excluding hydrogens is 607 g/mol. The van der Waals surface area contributed by atoms with E-state index in [9.17, 15) is 0 Å². The van der Waals surface area contributed by atoms with Crippen LogP contribution in [0.1, 0.15) is 46.0 Å². The minimum atomic E-state index is 0.0714. The number of dihydropyridines is 1. The van der Waals surface area contributed by atoms with Crippen molar-refractivity contribution in [1.29, 1.82) is 0 Å². The standard InChI is InChI=1S/C47H37N3/c1-32-12-10-11-27-50(47-26-22-37(28-41(32)47)36-21-25-44-42(29-36)40-17-8-9-18-43(40)48-44)39-23-19-33(20-24-39)38-30-45(34-13-4-2-5-14-34)49-46(31-38)35-15-6-3-7-16-35/h2-8,10-17,19-31,45,48-49H,1,9,18H2/b12-10-,27-11-. The van der Waals surface area contributed by atoms with Crippen LogP contribution in [-0.4, -0.2) is 4.98 Å². The van der Waals surface area contributed by atoms with Crippen molar-refractivity contribution in [2.75, 3.05) is 4.90 Å². The minimum absolute atomic E-state index is 0.0714. The first kappa shape index (κ1) is 29.8. The van der Waals surface area contributed by atoms with Gasteiger partial charge in [-0.2, -0.15) is 0 Å². The molecule has 5 aromatic carbocycles. The maximum atomic E-state index is 4.48. The molecule has 9 rings (SSSR count). The van der Waals surface area contributed by atoms with Crippen molar-refractivity contribution in [1.82, 2.24) is 10.3 Å². The first-order valence-electron chi connectivity index (χ1n) is 17.4. The number of allylic oxidation sites excluding steroid dienone is 7. The fourth-order valence-electron chi connectivity index (χ4n) is 7.40. The second-order valence-corrected chi connectivity index (χ2v) is 13.2. The van der Waals surface area contributed by atoms with Crippen LogP contribution in [0.5, 0.6) is 0 Å². The number of fused-ring (bicyclic) bond motifs is 4. The number of hydrogen-bond acceptors (Lipinski definition) is 2. The zero-order valence-electron chi connectivity index (χ0n) is 27.8. The molecular formula is C47H37N3. The first-order valence-corrected chi connectivity index (χ1v) is 17.4. The Labute approximate surface area is 293 Å². The van der Waals surface area contributed by atoms with Crippen molar-refractivity contribution in [2.24, 2.45) is 0 Å². The highest BCUT2D eigenvalue weighted by atomic mass is 15.1. The van der Waals surface area contributed by atoms with E-state index in [2.05, 4.69) is 192 Å². The Kier molecular flexibility index (Phi) is 7.51. The maximum Gasteiger partial charge on any atom is 0.0707 e. The number of benzene rings is 5. The zero-order chi connectivity index (χ0) is 33.4. The van der Waals surface area contributed by atoms with Gasteiger partial charge in [-0.25, -0.2) is 0 Å². The van der Waals surface area contributed by atoms with Crippen LogP contribution < -0.4 is 10.2 Å². The lowest BCUT2D eigenvalue weighted by molar-refractivity contribution is 0.767. The smallest absolute Gasteiger partial charge is 0.0707 e. The van der Waals surface area contributed by atoms with Gasteiger partial charge in [0.15, 0.2) is 0 Å². The Bertz CT molecular complexity index is 2400. The summed E-state index contributed by atoms with van der Waals surface area (Å²) in [4.78, 5) is 5.90. The van der Waals surface area contributed by atoms with E-state index in [1.165, 1.54) is 55.6 Å². The highest BCUT2D eigenvalue weighted by Gasteiger charge is 2.20. The molecule has 1 aliphatic carbocycles. The normalized spacial score (nSPS) is 17.9. The molecule has 0 bridgehead atoms. The number of aromatic nitrogens is 1. The molecule has 1 aromatic heterocycles. The molecule has 2 aliphatic heterocycles. The molecule has 0 radical (unpaired) electrons. The summed E-state index contributed by atoms with van der Waals surface area (Å²) < 4.78 is 0. The third-order valence-corrected chi connectivity index (χ3v) is 10.0. The summed E-state index contributed by atoms with van der Waals surface area (Å²) in [7, 11) is 0. The number of rotatable bonds is 5. The molecule has 2 N–H and O–H groups in total. The van der Waals surface area contributed by atoms with Crippen molar-refractivity contribution < 1.29 is 0 Å². The van der Waals surface area contributed by atoms with Crippen LogP contribution in [-0.2, 0) is 6.42 Å². The average Bonchev–Trinajstić information content (AvgIpc) is 3.56. The summed E-state index contributed by atoms with van der Waals surface area (Å²) in [5, 5.41) is 5.05. The van der Waals surface area contributed by atoms with E-state index in [0.717, 1.165) is 41.1 Å². The SMILES string of the molecule is C=C1/C=C\C=C/N(c2ccc(C3=CC(c4ccccc4)NC(c4ccccc4)=C3)cc2)c2ccc(-c3ccc4[nH]c5c(c4c3)C=CCC5)cc21. The molecule has 1 atom stereocenters. The van der Waals surface area contributed by atoms with E-state index in [4.69, 9.17) is 0 Å². The second-order valence-electron chi connectivity index (χ2n) is 13.2. The largest absolute Gasteiger partial charge is 0.374 e. The van der Waals surface area contributed by atoms with Crippen LogP contribution >= 0.6 is 0 Å². The van der Waals surface area contributed by atoms with Gasteiger partial charge in [-0.1, -0.05) is 116 Å². The summed E-state index contributed by atoms with van der Waals surface area (Å²) >= 11 is 0. The number of H-pyrrole nitrogens is 1. The van der Waals surface area contributed by atoms with Gasteiger partial charge >= 0.3 is 0 Å². The van der Waals surface area contributed by atoms with Crippen molar-refractivity contribution in [2.45, 2.75) is 18.9 Å². The lowest BCUT2D eigenvalue weighted by Crippen LogP contribution is -2.21. The summed E-state index contributed by atoms with van der Waals surface area (Å²) in [6.45, 7) is 4.48. The molecule has 3 aliphatic rings. The number of aryl methyl sites for hydroxylation is 1. The monoisotopic (exact) mass is 643 g/mol. The molecule has 0 saturated heterocycles. The third kappa shape index (κ3) is 5.53. The number of hydrogen-bond donors (Lipinski definition) is 2. The molecule has 0 spiro atoms. The second kappa shape index (κ2) is 12.6. The average molecular weight is 644 g/mol. The molecule has 3 heteroatoms. The fraction of sp³-hybridized carbons (Fsp3) is 0.0638. The van der Waals surface area contributed by atoms with Crippen LogP contribution in [0.15, 0.2) is 171 Å². The van der Waals surface area contributed by atoms with Crippen molar-refractivity contribution in [3.8, 4) is 11.1 Å². The lowest BCUT2D eigenvalue weighted by atomic mass is 9.93. The van der Waals surface area contributed by atoms with E-state index in [1.54, 1.807) is 0 Å². The predicted octanol–water partition coefficient (Wildman–Crippen LogP) is 11.8. The molecule has 0 saturated carbocycles. The molecule has 3 heterocycles. The van der Waals surface area contributed by atoms with Gasteiger partial charge in [0.1, 0.15) is 0 Å². The minimum Gasteiger partial charge on any atom is -0.374 e. The van der Waals surface area contributed by atoms with Crippen LogP contribution in [0.25, 0.3) is 44.9 Å². The summed E-state index contributed by atoms with van der Waals surface area (Å²) in [6, 6.07) is 43.7. The van der Waals surface area contributed by atoms with Gasteiger partial charge in [0.25, 0.3) is 0 Å². The molecule has 6 aromatic rings. The van der Waals surface area contributed by atoms with Crippen LogP contribution in [0.2, 0.25) is 0 Å². The molecule has 3 nitrogen and oxygen atoms in total.